The Hall–Kier alpha value is -0.240. The topological polar surface area (TPSA) is 9.23 Å². The second-order valence-electron chi connectivity index (χ2n) is 2.39. The molecule has 0 aliphatic carbocycles. The molecule has 3 heteroatoms. The van der Waals surface area contributed by atoms with E-state index in [-0.39, 0.29) is 0 Å². The minimum Gasteiger partial charge on any atom is -0.377 e. The molecule has 0 aromatic heterocycles. The highest BCUT2D eigenvalue weighted by molar-refractivity contribution is 6.41. The Morgan fingerprint density at radius 2 is 2.00 bits per heavy atom. The van der Waals surface area contributed by atoms with Crippen molar-refractivity contribution in [3.8, 4) is 0 Å². The monoisotopic (exact) mass is 204 g/mol. The quantitative estimate of drug-likeness (QED) is 0.733. The van der Waals surface area contributed by atoms with E-state index in [1.165, 1.54) is 0 Å². The van der Waals surface area contributed by atoms with Crippen LogP contribution in [-0.2, 0) is 11.3 Å². The summed E-state index contributed by atoms with van der Waals surface area (Å²) < 4.78 is 5.21. The SMILES string of the molecule is CCOCc1ccc(Cl)c(Cl)c1. The van der Waals surface area contributed by atoms with Crippen molar-refractivity contribution in [2.75, 3.05) is 6.61 Å². The molecule has 0 aliphatic heterocycles. The van der Waals surface area contributed by atoms with Crippen LogP contribution in [-0.4, -0.2) is 6.61 Å². The Kier molecular flexibility index (Phi) is 3.86. The molecular weight excluding hydrogens is 195 g/mol. The van der Waals surface area contributed by atoms with Crippen LogP contribution < -0.4 is 0 Å². The van der Waals surface area contributed by atoms with Gasteiger partial charge in [-0.2, -0.15) is 0 Å². The van der Waals surface area contributed by atoms with Crippen molar-refractivity contribution in [3.05, 3.63) is 33.8 Å². The molecule has 1 rings (SSSR count). The highest BCUT2D eigenvalue weighted by Gasteiger charge is 1.98. The summed E-state index contributed by atoms with van der Waals surface area (Å²) in [6.07, 6.45) is 0. The lowest BCUT2D eigenvalue weighted by molar-refractivity contribution is 0.134. The Morgan fingerprint density at radius 1 is 1.25 bits per heavy atom. The van der Waals surface area contributed by atoms with E-state index in [0.717, 1.165) is 5.56 Å². The van der Waals surface area contributed by atoms with Crippen molar-refractivity contribution in [1.29, 1.82) is 0 Å². The Labute approximate surface area is 82.2 Å². The average molecular weight is 205 g/mol. The first kappa shape index (κ1) is 9.85. The summed E-state index contributed by atoms with van der Waals surface area (Å²) >= 11 is 11.5. The molecule has 0 aliphatic rings. The van der Waals surface area contributed by atoms with Crippen LogP contribution in [0.4, 0.5) is 0 Å². The number of rotatable bonds is 3. The molecular formula is C9H10Cl2O. The maximum Gasteiger partial charge on any atom is 0.0717 e. The van der Waals surface area contributed by atoms with Crippen molar-refractivity contribution >= 4 is 23.2 Å². The number of halogens is 2. The molecule has 0 saturated heterocycles. The molecule has 12 heavy (non-hydrogen) atoms. The summed E-state index contributed by atoms with van der Waals surface area (Å²) in [4.78, 5) is 0. The van der Waals surface area contributed by atoms with Crippen molar-refractivity contribution in [1.82, 2.24) is 0 Å². The maximum atomic E-state index is 5.81. The zero-order chi connectivity index (χ0) is 8.97. The van der Waals surface area contributed by atoms with Gasteiger partial charge in [-0.05, 0) is 24.6 Å². The van der Waals surface area contributed by atoms with E-state index in [9.17, 15) is 0 Å². The van der Waals surface area contributed by atoms with Crippen LogP contribution in [0.3, 0.4) is 0 Å². The average Bonchev–Trinajstić information content (AvgIpc) is 2.07. The smallest absolute Gasteiger partial charge is 0.0717 e. The van der Waals surface area contributed by atoms with Gasteiger partial charge < -0.3 is 4.74 Å². The van der Waals surface area contributed by atoms with Gasteiger partial charge in [0.15, 0.2) is 0 Å². The van der Waals surface area contributed by atoms with E-state index in [4.69, 9.17) is 27.9 Å². The number of benzene rings is 1. The van der Waals surface area contributed by atoms with E-state index < -0.39 is 0 Å². The van der Waals surface area contributed by atoms with Gasteiger partial charge in [0.2, 0.25) is 0 Å². The Balaban J connectivity index is 2.69. The molecule has 0 fully saturated rings. The maximum absolute atomic E-state index is 5.81. The largest absolute Gasteiger partial charge is 0.377 e. The van der Waals surface area contributed by atoms with Gasteiger partial charge in [-0.25, -0.2) is 0 Å². The van der Waals surface area contributed by atoms with Gasteiger partial charge in [-0.15, -0.1) is 0 Å². The molecule has 0 saturated carbocycles. The minimum atomic E-state index is 0.578. The summed E-state index contributed by atoms with van der Waals surface area (Å²) in [7, 11) is 0. The van der Waals surface area contributed by atoms with Crippen LogP contribution in [0.15, 0.2) is 18.2 Å². The fourth-order valence-electron chi connectivity index (χ4n) is 0.849. The molecule has 0 spiro atoms. The van der Waals surface area contributed by atoms with Crippen molar-refractivity contribution in [2.24, 2.45) is 0 Å². The first-order valence-electron chi connectivity index (χ1n) is 3.75. The molecule has 0 radical (unpaired) electrons. The van der Waals surface area contributed by atoms with Crippen molar-refractivity contribution in [3.63, 3.8) is 0 Å². The van der Waals surface area contributed by atoms with Crippen LogP contribution in [0.25, 0.3) is 0 Å². The lowest BCUT2D eigenvalue weighted by atomic mass is 10.2. The molecule has 0 unspecified atom stereocenters. The second kappa shape index (κ2) is 4.70. The lowest BCUT2D eigenvalue weighted by Gasteiger charge is -2.02. The summed E-state index contributed by atoms with van der Waals surface area (Å²) in [6, 6.07) is 5.50. The predicted molar refractivity (Wildman–Crippen MR) is 51.8 cm³/mol. The normalized spacial score (nSPS) is 10.2. The molecule has 66 valence electrons. The first-order chi connectivity index (χ1) is 5.74. The fourth-order valence-corrected chi connectivity index (χ4v) is 1.17. The highest BCUT2D eigenvalue weighted by Crippen LogP contribution is 2.22. The van der Waals surface area contributed by atoms with Gasteiger partial charge in [0.25, 0.3) is 0 Å². The van der Waals surface area contributed by atoms with Crippen LogP contribution in [0.1, 0.15) is 12.5 Å². The second-order valence-corrected chi connectivity index (χ2v) is 3.20. The molecule has 1 aromatic rings. The molecule has 1 aromatic carbocycles. The van der Waals surface area contributed by atoms with E-state index in [2.05, 4.69) is 0 Å². The van der Waals surface area contributed by atoms with Gasteiger partial charge in [0.05, 0.1) is 16.7 Å². The Morgan fingerprint density at radius 3 is 2.58 bits per heavy atom. The van der Waals surface area contributed by atoms with Gasteiger partial charge in [-0.1, -0.05) is 29.3 Å². The highest BCUT2D eigenvalue weighted by atomic mass is 35.5. The standard InChI is InChI=1S/C9H10Cl2O/c1-2-12-6-7-3-4-8(10)9(11)5-7/h3-5H,2,6H2,1H3. The third-order valence-corrected chi connectivity index (χ3v) is 2.20. The van der Waals surface area contributed by atoms with Crippen LogP contribution in [0, 0.1) is 0 Å². The van der Waals surface area contributed by atoms with Crippen LogP contribution >= 0.6 is 23.2 Å². The van der Waals surface area contributed by atoms with Gasteiger partial charge in [0.1, 0.15) is 0 Å². The molecule has 0 amide bonds. The van der Waals surface area contributed by atoms with E-state index in [1.807, 2.05) is 19.1 Å². The zero-order valence-electron chi connectivity index (χ0n) is 6.81. The Bertz CT molecular complexity index is 261. The summed E-state index contributed by atoms with van der Waals surface area (Å²) in [5.41, 5.74) is 1.05. The summed E-state index contributed by atoms with van der Waals surface area (Å²) in [6.45, 7) is 3.26. The fraction of sp³-hybridized carbons (Fsp3) is 0.333. The predicted octanol–water partition coefficient (Wildman–Crippen LogP) is 3.53. The lowest BCUT2D eigenvalue weighted by Crippen LogP contribution is -1.91. The molecule has 0 atom stereocenters. The third-order valence-electron chi connectivity index (χ3n) is 1.46. The van der Waals surface area contributed by atoms with Crippen molar-refractivity contribution in [2.45, 2.75) is 13.5 Å². The van der Waals surface area contributed by atoms with Crippen molar-refractivity contribution < 1.29 is 4.74 Å². The van der Waals surface area contributed by atoms with E-state index in [0.29, 0.717) is 23.3 Å². The molecule has 0 N–H and O–H groups in total. The van der Waals surface area contributed by atoms with Gasteiger partial charge >= 0.3 is 0 Å². The number of ether oxygens (including phenoxy) is 1. The van der Waals surface area contributed by atoms with Crippen LogP contribution in [0.2, 0.25) is 10.0 Å². The number of hydrogen-bond donors (Lipinski definition) is 0. The van der Waals surface area contributed by atoms with E-state index >= 15 is 0 Å². The molecule has 0 bridgehead atoms. The number of hydrogen-bond acceptors (Lipinski definition) is 1. The summed E-state index contributed by atoms with van der Waals surface area (Å²) in [5.74, 6) is 0. The van der Waals surface area contributed by atoms with Gasteiger partial charge in [-0.3, -0.25) is 0 Å². The third kappa shape index (κ3) is 2.67. The first-order valence-corrected chi connectivity index (χ1v) is 4.51. The summed E-state index contributed by atoms with van der Waals surface area (Å²) in [5, 5.41) is 1.16. The molecule has 0 heterocycles. The van der Waals surface area contributed by atoms with Crippen LogP contribution in [0.5, 0.6) is 0 Å². The van der Waals surface area contributed by atoms with Gasteiger partial charge in [0, 0.05) is 6.61 Å². The zero-order valence-corrected chi connectivity index (χ0v) is 8.32. The minimum absolute atomic E-state index is 0.578. The van der Waals surface area contributed by atoms with E-state index in [1.54, 1.807) is 6.07 Å². The molecule has 1 nitrogen and oxygen atoms in total.